The molecule has 1 radical (unpaired) electrons. The van der Waals surface area contributed by atoms with Crippen LogP contribution in [0.2, 0.25) is 0 Å². The average Bonchev–Trinajstić information content (AvgIpc) is 2.37. The third kappa shape index (κ3) is 2.19. The predicted molar refractivity (Wildman–Crippen MR) is 35.6 cm³/mol. The molecule has 1 heterocycles. The van der Waals surface area contributed by atoms with Crippen LogP contribution < -0.4 is 5.32 Å². The summed E-state index contributed by atoms with van der Waals surface area (Å²) in [5, 5.41) is 2.80. The van der Waals surface area contributed by atoms with Gasteiger partial charge in [0.15, 0.2) is 5.13 Å². The Bertz CT molecular complexity index is 269. The van der Waals surface area contributed by atoms with Crippen molar-refractivity contribution in [1.29, 1.82) is 0 Å². The number of nitrogens with one attached hydrogen (secondary N) is 1. The van der Waals surface area contributed by atoms with Gasteiger partial charge in [-0.1, -0.05) is 0 Å². The Morgan fingerprint density at radius 1 is 1.67 bits per heavy atom. The molecule has 3 nitrogen and oxygen atoms in total. The van der Waals surface area contributed by atoms with Crippen LogP contribution in [0.15, 0.2) is 5.38 Å². The van der Waals surface area contributed by atoms with E-state index in [-0.39, 0.29) is 5.13 Å². The summed E-state index contributed by atoms with van der Waals surface area (Å²) in [7, 11) is 0. The lowest BCUT2D eigenvalue weighted by atomic mass is 10.6. The topological polar surface area (TPSA) is 42.0 Å². The van der Waals surface area contributed by atoms with Crippen molar-refractivity contribution in [3.05, 3.63) is 11.6 Å². The predicted octanol–water partition coefficient (Wildman–Crippen LogP) is 1.44. The molecule has 12 heavy (non-hydrogen) atoms. The van der Waals surface area contributed by atoms with Crippen LogP contribution in [0.25, 0.3) is 0 Å². The number of carbonyl (C=O) groups is 1. The normalized spacial score (nSPS) is 11.2. The highest BCUT2D eigenvalue weighted by Crippen LogP contribution is 2.18. The first-order chi connectivity index (χ1) is 5.50. The number of hydrogen-bond donors (Lipinski definition) is 1. The largest absolute Gasteiger partial charge is 0.471 e. The van der Waals surface area contributed by atoms with Gasteiger partial charge in [-0.2, -0.15) is 13.2 Å². The molecular formula is C5H2F3N2OS. The van der Waals surface area contributed by atoms with E-state index in [1.807, 2.05) is 0 Å². The van der Waals surface area contributed by atoms with Gasteiger partial charge in [0.25, 0.3) is 0 Å². The minimum Gasteiger partial charge on any atom is -0.294 e. The van der Waals surface area contributed by atoms with E-state index in [0.29, 0.717) is 0 Å². The molecule has 1 N–H and O–H groups in total. The highest BCUT2D eigenvalue weighted by atomic mass is 32.1. The van der Waals surface area contributed by atoms with Crippen molar-refractivity contribution < 1.29 is 18.0 Å². The Hall–Kier alpha value is -1.11. The minimum absolute atomic E-state index is 0.114. The molecule has 0 aliphatic rings. The summed E-state index contributed by atoms with van der Waals surface area (Å²) in [6, 6.07) is 0. The van der Waals surface area contributed by atoms with E-state index in [9.17, 15) is 18.0 Å². The summed E-state index contributed by atoms with van der Waals surface area (Å²) >= 11 is 0.869. The summed E-state index contributed by atoms with van der Waals surface area (Å²) in [5.41, 5.74) is 0. The van der Waals surface area contributed by atoms with E-state index in [0.717, 1.165) is 11.3 Å². The van der Waals surface area contributed by atoms with Gasteiger partial charge < -0.3 is 0 Å². The fraction of sp³-hybridized carbons (Fsp3) is 0.200. The fourth-order valence-electron chi connectivity index (χ4n) is 0.419. The summed E-state index contributed by atoms with van der Waals surface area (Å²) in [5.74, 6) is -2.02. The quantitative estimate of drug-likeness (QED) is 0.736. The lowest BCUT2D eigenvalue weighted by Crippen LogP contribution is -2.29. The van der Waals surface area contributed by atoms with Gasteiger partial charge in [0.05, 0.1) is 0 Å². The van der Waals surface area contributed by atoms with Crippen molar-refractivity contribution in [1.82, 2.24) is 4.98 Å². The Morgan fingerprint density at radius 2 is 2.33 bits per heavy atom. The number of thiazole rings is 1. The van der Waals surface area contributed by atoms with Gasteiger partial charge in [0.1, 0.15) is 6.20 Å². The standard InChI is InChI=1S/C5H2F3N2OS/c6-5(7,8)3(11)10-4-9-1-2-12-4/h2H,(H,9,10,11). The number of halogens is 3. The molecule has 0 bridgehead atoms. The van der Waals surface area contributed by atoms with Crippen molar-refractivity contribution in [2.24, 2.45) is 0 Å². The fourth-order valence-corrected chi connectivity index (χ4v) is 0.893. The van der Waals surface area contributed by atoms with Gasteiger partial charge in [-0.15, -0.1) is 11.3 Å². The summed E-state index contributed by atoms with van der Waals surface area (Å²) in [6.45, 7) is 0. The third-order valence-corrected chi connectivity index (χ3v) is 1.51. The maximum Gasteiger partial charge on any atom is 0.471 e. The molecule has 1 aromatic heterocycles. The van der Waals surface area contributed by atoms with E-state index in [4.69, 9.17) is 0 Å². The molecule has 0 unspecified atom stereocenters. The van der Waals surface area contributed by atoms with E-state index >= 15 is 0 Å². The molecule has 0 aliphatic heterocycles. The molecule has 0 saturated heterocycles. The number of alkyl halides is 3. The van der Waals surface area contributed by atoms with E-state index in [1.54, 1.807) is 5.32 Å². The molecule has 1 amide bonds. The zero-order chi connectivity index (χ0) is 9.19. The van der Waals surface area contributed by atoms with Crippen LogP contribution in [0.5, 0.6) is 0 Å². The van der Waals surface area contributed by atoms with Crippen LogP contribution in [0.3, 0.4) is 0 Å². The first-order valence-corrected chi connectivity index (χ1v) is 3.58. The second-order valence-electron chi connectivity index (χ2n) is 1.73. The Labute approximate surface area is 69.2 Å². The van der Waals surface area contributed by atoms with Gasteiger partial charge >= 0.3 is 12.1 Å². The van der Waals surface area contributed by atoms with Gasteiger partial charge in [0, 0.05) is 5.38 Å². The molecule has 0 aliphatic carbocycles. The molecule has 0 spiro atoms. The van der Waals surface area contributed by atoms with E-state index in [1.165, 1.54) is 5.38 Å². The second-order valence-corrected chi connectivity index (χ2v) is 2.59. The summed E-state index contributed by atoms with van der Waals surface area (Å²) < 4.78 is 34.8. The van der Waals surface area contributed by atoms with Gasteiger partial charge in [-0.25, -0.2) is 4.98 Å². The summed E-state index contributed by atoms with van der Waals surface area (Å²) in [6.07, 6.45) is -2.60. The van der Waals surface area contributed by atoms with Gasteiger partial charge in [-0.05, 0) is 0 Å². The Kier molecular flexibility index (Phi) is 2.32. The van der Waals surface area contributed by atoms with Crippen LogP contribution in [0, 0.1) is 6.20 Å². The first kappa shape index (κ1) is 8.98. The number of anilines is 1. The number of rotatable bonds is 1. The molecule has 0 aromatic carbocycles. The third-order valence-electron chi connectivity index (χ3n) is 0.867. The van der Waals surface area contributed by atoms with Gasteiger partial charge in [0.2, 0.25) is 0 Å². The smallest absolute Gasteiger partial charge is 0.294 e. The SMILES string of the molecule is O=C(Nc1n[c]cs1)C(F)(F)F. The minimum atomic E-state index is -4.87. The lowest BCUT2D eigenvalue weighted by Gasteiger charge is -2.03. The monoisotopic (exact) mass is 195 g/mol. The Morgan fingerprint density at radius 3 is 2.75 bits per heavy atom. The summed E-state index contributed by atoms with van der Waals surface area (Å²) in [4.78, 5) is 13.6. The number of carbonyl (C=O) groups excluding carboxylic acids is 1. The van der Waals surface area contributed by atoms with Crippen molar-refractivity contribution in [2.45, 2.75) is 6.18 Å². The average molecular weight is 195 g/mol. The van der Waals surface area contributed by atoms with Crippen LogP contribution in [0.4, 0.5) is 18.3 Å². The van der Waals surface area contributed by atoms with Crippen LogP contribution >= 0.6 is 11.3 Å². The van der Waals surface area contributed by atoms with Crippen LogP contribution in [-0.2, 0) is 4.79 Å². The number of aromatic nitrogens is 1. The highest BCUT2D eigenvalue weighted by Gasteiger charge is 2.39. The Balaban J connectivity index is 2.60. The molecule has 1 rings (SSSR count). The van der Waals surface area contributed by atoms with Crippen molar-refractivity contribution in [3.63, 3.8) is 0 Å². The van der Waals surface area contributed by atoms with Crippen molar-refractivity contribution >= 4 is 22.4 Å². The number of hydrogen-bond acceptors (Lipinski definition) is 3. The molecule has 1 aromatic rings. The van der Waals surface area contributed by atoms with Crippen molar-refractivity contribution in [2.75, 3.05) is 5.32 Å². The first-order valence-electron chi connectivity index (χ1n) is 2.70. The number of nitrogens with zero attached hydrogens (tertiary/aromatic N) is 1. The molecule has 7 heteroatoms. The van der Waals surface area contributed by atoms with Crippen LogP contribution in [0.1, 0.15) is 0 Å². The second kappa shape index (κ2) is 3.10. The molecule has 0 saturated carbocycles. The van der Waals surface area contributed by atoms with E-state index in [2.05, 4.69) is 11.2 Å². The zero-order valence-corrected chi connectivity index (χ0v) is 6.29. The zero-order valence-electron chi connectivity index (χ0n) is 5.47. The molecule has 0 atom stereocenters. The van der Waals surface area contributed by atoms with Crippen LogP contribution in [-0.4, -0.2) is 17.1 Å². The molecule has 0 fully saturated rings. The molecular weight excluding hydrogens is 193 g/mol. The van der Waals surface area contributed by atoms with Gasteiger partial charge in [-0.3, -0.25) is 10.1 Å². The number of amides is 1. The molecule has 65 valence electrons. The maximum atomic E-state index is 11.6. The highest BCUT2D eigenvalue weighted by molar-refractivity contribution is 7.13. The van der Waals surface area contributed by atoms with E-state index < -0.39 is 12.1 Å². The van der Waals surface area contributed by atoms with Crippen molar-refractivity contribution in [3.8, 4) is 0 Å². The lowest BCUT2D eigenvalue weighted by molar-refractivity contribution is -0.167. The maximum absolute atomic E-state index is 11.6.